The molecule has 0 aromatic heterocycles. The number of hydrogen-bond donors (Lipinski definition) is 2. The zero-order chi connectivity index (χ0) is 10.1. The first-order valence-corrected chi connectivity index (χ1v) is 6.55. The second-order valence-electron chi connectivity index (χ2n) is 3.85. The van der Waals surface area contributed by atoms with Crippen molar-refractivity contribution in [2.75, 3.05) is 32.4 Å². The summed E-state index contributed by atoms with van der Waals surface area (Å²) in [6, 6.07) is 0.556. The standard InChI is InChI=1S/C8H20N2O2S/c1-8(2)9-4-6-10(7-5-9)13(3,11)12/h8,11-12H,4-7H2,1-3H3. The van der Waals surface area contributed by atoms with Crippen LogP contribution in [0.1, 0.15) is 13.8 Å². The minimum atomic E-state index is -2.47. The maximum atomic E-state index is 9.41. The van der Waals surface area contributed by atoms with Crippen molar-refractivity contribution < 1.29 is 9.11 Å². The Balaban J connectivity index is 2.39. The molecule has 1 heterocycles. The summed E-state index contributed by atoms with van der Waals surface area (Å²) in [6.07, 6.45) is 1.50. The lowest BCUT2D eigenvalue weighted by Crippen LogP contribution is -2.49. The van der Waals surface area contributed by atoms with Gasteiger partial charge in [0.25, 0.3) is 0 Å². The summed E-state index contributed by atoms with van der Waals surface area (Å²) in [4.78, 5) is 2.35. The second-order valence-corrected chi connectivity index (χ2v) is 5.95. The van der Waals surface area contributed by atoms with Crippen LogP contribution >= 0.6 is 10.8 Å². The summed E-state index contributed by atoms with van der Waals surface area (Å²) in [6.45, 7) is 7.72. The van der Waals surface area contributed by atoms with Crippen molar-refractivity contribution in [2.24, 2.45) is 0 Å². The second kappa shape index (κ2) is 4.14. The van der Waals surface area contributed by atoms with Crippen LogP contribution in [0, 0.1) is 0 Å². The van der Waals surface area contributed by atoms with Crippen molar-refractivity contribution in [1.82, 2.24) is 9.21 Å². The van der Waals surface area contributed by atoms with Crippen LogP contribution in [0.3, 0.4) is 0 Å². The van der Waals surface area contributed by atoms with Crippen molar-refractivity contribution in [3.05, 3.63) is 0 Å². The highest BCUT2D eigenvalue weighted by atomic mass is 32.3. The first-order chi connectivity index (χ1) is 5.91. The van der Waals surface area contributed by atoms with Gasteiger partial charge in [-0.15, -0.1) is 10.8 Å². The third-order valence-corrected chi connectivity index (χ3v) is 3.84. The van der Waals surface area contributed by atoms with Crippen LogP contribution < -0.4 is 0 Å². The third kappa shape index (κ3) is 3.11. The quantitative estimate of drug-likeness (QED) is 0.718. The molecule has 13 heavy (non-hydrogen) atoms. The Bertz CT molecular complexity index is 162. The Kier molecular flexibility index (Phi) is 3.59. The van der Waals surface area contributed by atoms with Crippen molar-refractivity contribution in [1.29, 1.82) is 0 Å². The van der Waals surface area contributed by atoms with E-state index in [0.717, 1.165) is 26.2 Å². The molecule has 1 fully saturated rings. The number of rotatable bonds is 2. The van der Waals surface area contributed by atoms with Gasteiger partial charge in [-0.3, -0.25) is 14.0 Å². The zero-order valence-corrected chi connectivity index (χ0v) is 9.42. The average Bonchev–Trinajstić information content (AvgIpc) is 2.03. The molecular formula is C8H20N2O2S. The fourth-order valence-corrected chi connectivity index (χ4v) is 2.42. The Hall–Kier alpha value is 0.190. The fraction of sp³-hybridized carbons (Fsp3) is 1.00. The average molecular weight is 208 g/mol. The molecule has 1 aliphatic heterocycles. The molecule has 1 rings (SSSR count). The first kappa shape index (κ1) is 11.3. The van der Waals surface area contributed by atoms with E-state index in [1.165, 1.54) is 6.26 Å². The predicted molar refractivity (Wildman–Crippen MR) is 57.1 cm³/mol. The van der Waals surface area contributed by atoms with Gasteiger partial charge in [-0.2, -0.15) is 0 Å². The topological polar surface area (TPSA) is 46.9 Å². The normalized spacial score (nSPS) is 23.8. The molecule has 1 saturated heterocycles. The van der Waals surface area contributed by atoms with Crippen molar-refractivity contribution in [3.8, 4) is 0 Å². The first-order valence-electron chi connectivity index (χ1n) is 4.63. The fourth-order valence-electron chi connectivity index (χ4n) is 1.57. The minimum Gasteiger partial charge on any atom is -0.298 e. The largest absolute Gasteiger partial charge is 0.298 e. The van der Waals surface area contributed by atoms with E-state index < -0.39 is 10.8 Å². The van der Waals surface area contributed by atoms with Gasteiger partial charge in [0, 0.05) is 38.5 Å². The molecule has 0 bridgehead atoms. The predicted octanol–water partition coefficient (Wildman–Crippen LogP) is 1.31. The lowest BCUT2D eigenvalue weighted by atomic mass is 10.3. The molecule has 0 aromatic rings. The van der Waals surface area contributed by atoms with Crippen molar-refractivity contribution in [2.45, 2.75) is 19.9 Å². The van der Waals surface area contributed by atoms with Crippen LogP contribution in [0.2, 0.25) is 0 Å². The molecule has 0 amide bonds. The van der Waals surface area contributed by atoms with Crippen LogP contribution in [0.15, 0.2) is 0 Å². The molecule has 0 aliphatic carbocycles. The molecule has 0 saturated carbocycles. The van der Waals surface area contributed by atoms with E-state index in [2.05, 4.69) is 18.7 Å². The van der Waals surface area contributed by atoms with Gasteiger partial charge >= 0.3 is 0 Å². The summed E-state index contributed by atoms with van der Waals surface area (Å²) in [7, 11) is -2.47. The molecule has 0 unspecified atom stereocenters. The maximum absolute atomic E-state index is 9.41. The summed E-state index contributed by atoms with van der Waals surface area (Å²) in [5.74, 6) is 0. The van der Waals surface area contributed by atoms with Crippen LogP contribution in [0.4, 0.5) is 0 Å². The summed E-state index contributed by atoms with van der Waals surface area (Å²) < 4.78 is 20.6. The van der Waals surface area contributed by atoms with E-state index in [9.17, 15) is 9.11 Å². The van der Waals surface area contributed by atoms with Gasteiger partial charge in [0.15, 0.2) is 0 Å². The minimum absolute atomic E-state index is 0.556. The van der Waals surface area contributed by atoms with Gasteiger partial charge < -0.3 is 0 Å². The molecule has 5 heteroatoms. The molecule has 0 atom stereocenters. The molecule has 0 radical (unpaired) electrons. The highest BCUT2D eigenvalue weighted by Gasteiger charge is 2.24. The Morgan fingerprint density at radius 1 is 1.08 bits per heavy atom. The maximum Gasteiger partial charge on any atom is 0.0418 e. The van der Waals surface area contributed by atoms with Gasteiger partial charge in [0.1, 0.15) is 0 Å². The van der Waals surface area contributed by atoms with Gasteiger partial charge in [-0.1, -0.05) is 0 Å². The van der Waals surface area contributed by atoms with E-state index in [1.54, 1.807) is 4.31 Å². The molecule has 0 aromatic carbocycles. The molecule has 2 N–H and O–H groups in total. The summed E-state index contributed by atoms with van der Waals surface area (Å²) >= 11 is 0. The molecule has 1 aliphatic rings. The lowest BCUT2D eigenvalue weighted by molar-refractivity contribution is 0.148. The molecular weight excluding hydrogens is 188 g/mol. The summed E-state index contributed by atoms with van der Waals surface area (Å²) in [5, 5.41) is 0. The van der Waals surface area contributed by atoms with Crippen LogP contribution in [0.5, 0.6) is 0 Å². The highest BCUT2D eigenvalue weighted by Crippen LogP contribution is 2.38. The molecule has 80 valence electrons. The van der Waals surface area contributed by atoms with Crippen molar-refractivity contribution in [3.63, 3.8) is 0 Å². The number of hydrogen-bond acceptors (Lipinski definition) is 4. The van der Waals surface area contributed by atoms with Gasteiger partial charge in [0.05, 0.1) is 0 Å². The number of piperazine rings is 1. The molecule has 0 spiro atoms. The molecule has 4 nitrogen and oxygen atoms in total. The van der Waals surface area contributed by atoms with Crippen LogP contribution in [-0.2, 0) is 0 Å². The van der Waals surface area contributed by atoms with E-state index in [1.807, 2.05) is 0 Å². The van der Waals surface area contributed by atoms with E-state index in [-0.39, 0.29) is 0 Å². The zero-order valence-electron chi connectivity index (χ0n) is 8.60. The SMILES string of the molecule is CC(C)N1CCN(S(C)(O)O)CC1. The Labute approximate surface area is 82.0 Å². The van der Waals surface area contributed by atoms with E-state index >= 15 is 0 Å². The van der Waals surface area contributed by atoms with E-state index in [4.69, 9.17) is 0 Å². The van der Waals surface area contributed by atoms with Crippen LogP contribution in [0.25, 0.3) is 0 Å². The van der Waals surface area contributed by atoms with Gasteiger partial charge in [0.2, 0.25) is 0 Å². The van der Waals surface area contributed by atoms with E-state index in [0.29, 0.717) is 6.04 Å². The lowest BCUT2D eigenvalue weighted by Gasteiger charge is -2.45. The summed E-state index contributed by atoms with van der Waals surface area (Å²) in [5.41, 5.74) is 0. The highest BCUT2D eigenvalue weighted by molar-refractivity contribution is 8.21. The van der Waals surface area contributed by atoms with Gasteiger partial charge in [-0.05, 0) is 13.8 Å². The monoisotopic (exact) mass is 208 g/mol. The third-order valence-electron chi connectivity index (χ3n) is 2.49. The van der Waals surface area contributed by atoms with Gasteiger partial charge in [-0.25, -0.2) is 4.31 Å². The smallest absolute Gasteiger partial charge is 0.0418 e. The van der Waals surface area contributed by atoms with Crippen molar-refractivity contribution >= 4 is 10.8 Å². The Morgan fingerprint density at radius 2 is 1.54 bits per heavy atom. The number of nitrogens with zero attached hydrogens (tertiary/aromatic N) is 2. The Morgan fingerprint density at radius 3 is 1.85 bits per heavy atom. The van der Waals surface area contributed by atoms with Crippen LogP contribution in [-0.4, -0.2) is 56.8 Å².